The SMILES string of the molecule is Cc1c(N)c(C(F)(F)F)nn1CC1CCCCC1. The smallest absolute Gasteiger partial charge is 0.395 e. The molecule has 102 valence electrons. The Kier molecular flexibility index (Phi) is 3.54. The molecule has 0 spiro atoms. The number of nitrogens with two attached hydrogens (primary N) is 1. The highest BCUT2D eigenvalue weighted by molar-refractivity contribution is 5.49. The molecule has 1 aromatic heterocycles. The Bertz CT molecular complexity index is 417. The van der Waals surface area contributed by atoms with Crippen LogP contribution in [0.1, 0.15) is 43.5 Å². The van der Waals surface area contributed by atoms with Crippen LogP contribution < -0.4 is 5.73 Å². The van der Waals surface area contributed by atoms with Crippen LogP contribution in [0.3, 0.4) is 0 Å². The molecule has 3 nitrogen and oxygen atoms in total. The molecule has 6 heteroatoms. The van der Waals surface area contributed by atoms with Gasteiger partial charge >= 0.3 is 6.18 Å². The second-order valence-electron chi connectivity index (χ2n) is 5.03. The standard InChI is InChI=1S/C12H18F3N3/c1-8-10(16)11(12(13,14)15)17-18(8)7-9-5-3-2-4-6-9/h9H,2-7,16H2,1H3. The first-order valence-corrected chi connectivity index (χ1v) is 6.29. The van der Waals surface area contributed by atoms with Crippen LogP contribution in [0.5, 0.6) is 0 Å². The van der Waals surface area contributed by atoms with Crippen molar-refractivity contribution < 1.29 is 13.2 Å². The van der Waals surface area contributed by atoms with Crippen molar-refractivity contribution in [1.29, 1.82) is 0 Å². The van der Waals surface area contributed by atoms with E-state index in [1.165, 1.54) is 11.1 Å². The molecule has 0 bridgehead atoms. The van der Waals surface area contributed by atoms with Crippen molar-refractivity contribution in [2.45, 2.75) is 51.7 Å². The molecule has 0 unspecified atom stereocenters. The molecule has 2 N–H and O–H groups in total. The van der Waals surface area contributed by atoms with Gasteiger partial charge in [0.05, 0.1) is 11.4 Å². The number of alkyl halides is 3. The van der Waals surface area contributed by atoms with Gasteiger partial charge in [-0.15, -0.1) is 0 Å². The number of nitrogen functional groups attached to an aromatic ring is 1. The van der Waals surface area contributed by atoms with Crippen LogP contribution in [0.25, 0.3) is 0 Å². The molecule has 1 aliphatic rings. The first-order valence-electron chi connectivity index (χ1n) is 6.29. The van der Waals surface area contributed by atoms with E-state index in [9.17, 15) is 13.2 Å². The number of halogens is 3. The lowest BCUT2D eigenvalue weighted by Crippen LogP contribution is -2.16. The van der Waals surface area contributed by atoms with E-state index in [-0.39, 0.29) is 5.69 Å². The third kappa shape index (κ3) is 2.62. The summed E-state index contributed by atoms with van der Waals surface area (Å²) in [6, 6.07) is 0. The molecule has 1 heterocycles. The number of aromatic nitrogens is 2. The van der Waals surface area contributed by atoms with E-state index in [0.717, 1.165) is 25.7 Å². The van der Waals surface area contributed by atoms with Crippen molar-refractivity contribution in [3.63, 3.8) is 0 Å². The summed E-state index contributed by atoms with van der Waals surface area (Å²) in [7, 11) is 0. The number of rotatable bonds is 2. The fourth-order valence-electron chi connectivity index (χ4n) is 2.56. The van der Waals surface area contributed by atoms with Gasteiger partial charge in [0.2, 0.25) is 0 Å². The molecule has 1 saturated carbocycles. The molecule has 1 aromatic rings. The van der Waals surface area contributed by atoms with Crippen molar-refractivity contribution >= 4 is 5.69 Å². The Hall–Kier alpha value is -1.20. The van der Waals surface area contributed by atoms with Gasteiger partial charge in [0.15, 0.2) is 5.69 Å². The molecule has 0 atom stereocenters. The molecule has 18 heavy (non-hydrogen) atoms. The number of hydrogen-bond donors (Lipinski definition) is 1. The van der Waals surface area contributed by atoms with Crippen molar-refractivity contribution in [3.8, 4) is 0 Å². The minimum absolute atomic E-state index is 0.238. The highest BCUT2D eigenvalue weighted by atomic mass is 19.4. The van der Waals surface area contributed by atoms with Gasteiger partial charge in [0.1, 0.15) is 0 Å². The Morgan fingerprint density at radius 3 is 2.39 bits per heavy atom. The van der Waals surface area contributed by atoms with E-state index in [1.54, 1.807) is 6.92 Å². The molecule has 1 fully saturated rings. The van der Waals surface area contributed by atoms with Gasteiger partial charge in [-0.3, -0.25) is 4.68 Å². The fourth-order valence-corrected chi connectivity index (χ4v) is 2.56. The monoisotopic (exact) mass is 261 g/mol. The summed E-state index contributed by atoms with van der Waals surface area (Å²) in [5.74, 6) is 0.429. The maximum absolute atomic E-state index is 12.7. The third-order valence-electron chi connectivity index (χ3n) is 3.68. The molecule has 2 rings (SSSR count). The van der Waals surface area contributed by atoms with E-state index in [0.29, 0.717) is 18.2 Å². The van der Waals surface area contributed by atoms with Gasteiger partial charge in [-0.1, -0.05) is 19.3 Å². The summed E-state index contributed by atoms with van der Waals surface area (Å²) in [6.45, 7) is 2.15. The van der Waals surface area contributed by atoms with Gasteiger partial charge in [-0.2, -0.15) is 18.3 Å². The van der Waals surface area contributed by atoms with E-state index < -0.39 is 11.9 Å². The molecule has 0 amide bonds. The zero-order chi connectivity index (χ0) is 13.3. The lowest BCUT2D eigenvalue weighted by Gasteiger charge is -2.21. The Morgan fingerprint density at radius 2 is 1.89 bits per heavy atom. The van der Waals surface area contributed by atoms with E-state index >= 15 is 0 Å². The van der Waals surface area contributed by atoms with Crippen LogP contribution in [0.4, 0.5) is 18.9 Å². The largest absolute Gasteiger partial charge is 0.437 e. The minimum atomic E-state index is -4.47. The Morgan fingerprint density at radius 1 is 1.28 bits per heavy atom. The zero-order valence-corrected chi connectivity index (χ0v) is 10.4. The summed E-state index contributed by atoms with van der Waals surface area (Å²) >= 11 is 0. The first kappa shape index (κ1) is 13.2. The maximum atomic E-state index is 12.7. The summed E-state index contributed by atoms with van der Waals surface area (Å²) < 4.78 is 39.4. The molecule has 0 aliphatic heterocycles. The van der Waals surface area contributed by atoms with Crippen LogP contribution in [0, 0.1) is 12.8 Å². The number of nitrogens with zero attached hydrogens (tertiary/aromatic N) is 2. The van der Waals surface area contributed by atoms with Gasteiger partial charge in [0.25, 0.3) is 0 Å². The third-order valence-corrected chi connectivity index (χ3v) is 3.68. The molecular formula is C12H18F3N3. The van der Waals surface area contributed by atoms with E-state index in [2.05, 4.69) is 5.10 Å². The van der Waals surface area contributed by atoms with Crippen LogP contribution in [-0.2, 0) is 12.7 Å². The topological polar surface area (TPSA) is 43.8 Å². The van der Waals surface area contributed by atoms with Crippen LogP contribution in [0.15, 0.2) is 0 Å². The number of anilines is 1. The Balaban J connectivity index is 2.18. The minimum Gasteiger partial charge on any atom is -0.395 e. The zero-order valence-electron chi connectivity index (χ0n) is 10.4. The van der Waals surface area contributed by atoms with E-state index in [4.69, 9.17) is 5.73 Å². The highest BCUT2D eigenvalue weighted by Gasteiger charge is 2.38. The molecule has 1 aliphatic carbocycles. The highest BCUT2D eigenvalue weighted by Crippen LogP contribution is 2.34. The lowest BCUT2D eigenvalue weighted by molar-refractivity contribution is -0.140. The van der Waals surface area contributed by atoms with Crippen molar-refractivity contribution in [2.75, 3.05) is 5.73 Å². The van der Waals surface area contributed by atoms with Gasteiger partial charge in [-0.05, 0) is 25.7 Å². The Labute approximate surface area is 104 Å². The van der Waals surface area contributed by atoms with Crippen LogP contribution >= 0.6 is 0 Å². The molecule has 0 aromatic carbocycles. The predicted molar refractivity (Wildman–Crippen MR) is 63.0 cm³/mol. The fraction of sp³-hybridized carbons (Fsp3) is 0.750. The van der Waals surface area contributed by atoms with E-state index in [1.807, 2.05) is 0 Å². The second kappa shape index (κ2) is 4.82. The maximum Gasteiger partial charge on any atom is 0.437 e. The summed E-state index contributed by atoms with van der Waals surface area (Å²) in [4.78, 5) is 0. The average molecular weight is 261 g/mol. The van der Waals surface area contributed by atoms with Gasteiger partial charge in [0, 0.05) is 6.54 Å². The van der Waals surface area contributed by atoms with Gasteiger partial charge < -0.3 is 5.73 Å². The predicted octanol–water partition coefficient (Wildman–Crippen LogP) is 3.37. The number of hydrogen-bond acceptors (Lipinski definition) is 2. The van der Waals surface area contributed by atoms with Crippen LogP contribution in [0.2, 0.25) is 0 Å². The van der Waals surface area contributed by atoms with Crippen molar-refractivity contribution in [2.24, 2.45) is 5.92 Å². The molecule has 0 saturated heterocycles. The molecular weight excluding hydrogens is 243 g/mol. The first-order chi connectivity index (χ1) is 8.39. The van der Waals surface area contributed by atoms with Crippen molar-refractivity contribution in [1.82, 2.24) is 9.78 Å². The summed E-state index contributed by atoms with van der Waals surface area (Å²) in [5.41, 5.74) is 4.73. The second-order valence-corrected chi connectivity index (χ2v) is 5.03. The quantitative estimate of drug-likeness (QED) is 0.887. The van der Waals surface area contributed by atoms with Crippen LogP contribution in [-0.4, -0.2) is 9.78 Å². The normalized spacial score (nSPS) is 18.2. The molecule has 0 radical (unpaired) electrons. The summed E-state index contributed by atoms with van der Waals surface area (Å²) in [6.07, 6.45) is 1.22. The van der Waals surface area contributed by atoms with Crippen molar-refractivity contribution in [3.05, 3.63) is 11.4 Å². The average Bonchev–Trinajstić information content (AvgIpc) is 2.58. The summed E-state index contributed by atoms with van der Waals surface area (Å²) in [5, 5.41) is 3.64. The lowest BCUT2D eigenvalue weighted by atomic mass is 9.89. The van der Waals surface area contributed by atoms with Gasteiger partial charge in [-0.25, -0.2) is 0 Å².